The Hall–Kier alpha value is -1.80. The van der Waals surface area contributed by atoms with Crippen LogP contribution in [0.25, 0.3) is 10.9 Å². The molecule has 0 saturated heterocycles. The second-order valence-electron chi connectivity index (χ2n) is 4.82. The number of para-hydroxylation sites is 1. The van der Waals surface area contributed by atoms with E-state index >= 15 is 0 Å². The molecule has 0 fully saturated rings. The van der Waals surface area contributed by atoms with Gasteiger partial charge in [0.05, 0.1) is 16.0 Å². The van der Waals surface area contributed by atoms with E-state index < -0.39 is 26.7 Å². The van der Waals surface area contributed by atoms with Crippen LogP contribution in [-0.4, -0.2) is 12.4 Å². The zero-order valence-corrected chi connectivity index (χ0v) is 13.8. The summed E-state index contributed by atoms with van der Waals surface area (Å²) in [6.45, 7) is 0. The summed E-state index contributed by atoms with van der Waals surface area (Å²) in [7, 11) is -4.14. The monoisotopic (exact) mass is 403 g/mol. The highest BCUT2D eigenvalue weighted by Crippen LogP contribution is 2.33. The first-order chi connectivity index (χ1) is 10.7. The van der Waals surface area contributed by atoms with E-state index in [1.54, 1.807) is 24.3 Å². The summed E-state index contributed by atoms with van der Waals surface area (Å²) in [5.74, 6) is 0. The lowest BCUT2D eigenvalue weighted by Gasteiger charge is -2.11. The van der Waals surface area contributed by atoms with Gasteiger partial charge in [0.25, 0.3) is 10.0 Å². The van der Waals surface area contributed by atoms with Crippen LogP contribution in [-0.2, 0) is 16.2 Å². The van der Waals surface area contributed by atoms with Crippen LogP contribution in [0.2, 0.25) is 0 Å². The molecule has 0 spiro atoms. The molecule has 0 amide bonds. The van der Waals surface area contributed by atoms with Crippen molar-refractivity contribution in [1.29, 1.82) is 0 Å². The largest absolute Gasteiger partial charge is 0.416 e. The van der Waals surface area contributed by atoms with Crippen molar-refractivity contribution in [2.45, 2.75) is 11.1 Å². The number of nitrogens with zero attached hydrogens (tertiary/aromatic N) is 1. The Kier molecular flexibility index (Phi) is 3.76. The van der Waals surface area contributed by atoms with Gasteiger partial charge in [-0.1, -0.05) is 24.3 Å². The Morgan fingerprint density at radius 2 is 1.70 bits per heavy atom. The first-order valence-corrected chi connectivity index (χ1v) is 8.63. The molecule has 0 N–H and O–H groups in total. The molecule has 1 heterocycles. The van der Waals surface area contributed by atoms with Gasteiger partial charge in [-0.05, 0) is 40.2 Å². The minimum Gasteiger partial charge on any atom is -0.240 e. The van der Waals surface area contributed by atoms with Crippen LogP contribution in [0.15, 0.2) is 64.1 Å². The normalized spacial score (nSPS) is 12.7. The minimum atomic E-state index is -4.61. The molecule has 0 bridgehead atoms. The molecule has 0 radical (unpaired) electrons. The van der Waals surface area contributed by atoms with Crippen molar-refractivity contribution >= 4 is 36.9 Å². The van der Waals surface area contributed by atoms with Gasteiger partial charge in [-0.3, -0.25) is 0 Å². The molecule has 3 nitrogen and oxygen atoms in total. The number of aromatic nitrogens is 1. The standard InChI is InChI=1S/C15H9BrF3NO2S/c16-13-9-20(14-7-2-1-6-12(13)14)23(21,22)11-5-3-4-10(8-11)15(17,18)19/h1-9H. The Morgan fingerprint density at radius 3 is 2.39 bits per heavy atom. The summed E-state index contributed by atoms with van der Waals surface area (Å²) < 4.78 is 65.4. The summed E-state index contributed by atoms with van der Waals surface area (Å²) in [5.41, 5.74) is -0.620. The van der Waals surface area contributed by atoms with Crippen LogP contribution in [0.3, 0.4) is 0 Å². The molecule has 0 saturated carbocycles. The number of alkyl halides is 3. The second-order valence-corrected chi connectivity index (χ2v) is 7.49. The van der Waals surface area contributed by atoms with Crippen LogP contribution in [0, 0.1) is 0 Å². The maximum Gasteiger partial charge on any atom is 0.416 e. The Morgan fingerprint density at radius 1 is 1.00 bits per heavy atom. The fourth-order valence-electron chi connectivity index (χ4n) is 2.26. The first-order valence-electron chi connectivity index (χ1n) is 6.40. The number of hydrogen-bond acceptors (Lipinski definition) is 2. The van der Waals surface area contributed by atoms with Crippen LogP contribution in [0.4, 0.5) is 13.2 Å². The predicted octanol–water partition coefficient (Wildman–Crippen LogP) is 4.66. The molecule has 23 heavy (non-hydrogen) atoms. The lowest BCUT2D eigenvalue weighted by molar-refractivity contribution is -0.137. The van der Waals surface area contributed by atoms with Gasteiger partial charge < -0.3 is 0 Å². The Balaban J connectivity index is 2.23. The van der Waals surface area contributed by atoms with Crippen molar-refractivity contribution in [3.63, 3.8) is 0 Å². The van der Waals surface area contributed by atoms with Crippen LogP contribution >= 0.6 is 15.9 Å². The van der Waals surface area contributed by atoms with Gasteiger partial charge in [-0.15, -0.1) is 0 Å². The number of halogens is 4. The minimum absolute atomic E-state index is 0.386. The second kappa shape index (κ2) is 5.38. The third kappa shape index (κ3) is 2.76. The summed E-state index contributed by atoms with van der Waals surface area (Å²) in [4.78, 5) is -0.416. The lowest BCUT2D eigenvalue weighted by atomic mass is 10.2. The van der Waals surface area contributed by atoms with Gasteiger partial charge in [0, 0.05) is 16.1 Å². The fourth-order valence-corrected chi connectivity index (χ4v) is 4.35. The van der Waals surface area contributed by atoms with Crippen molar-refractivity contribution in [2.75, 3.05) is 0 Å². The molecule has 8 heteroatoms. The molecular weight excluding hydrogens is 395 g/mol. The van der Waals surface area contributed by atoms with Crippen LogP contribution < -0.4 is 0 Å². The fraction of sp³-hybridized carbons (Fsp3) is 0.0667. The maximum absolute atomic E-state index is 12.8. The number of rotatable bonds is 2. The van der Waals surface area contributed by atoms with E-state index in [0.29, 0.717) is 21.4 Å². The smallest absolute Gasteiger partial charge is 0.240 e. The molecule has 0 aliphatic rings. The van der Waals surface area contributed by atoms with Gasteiger partial charge in [-0.2, -0.15) is 13.2 Å². The van der Waals surface area contributed by atoms with E-state index in [-0.39, 0.29) is 0 Å². The van der Waals surface area contributed by atoms with Gasteiger partial charge in [0.1, 0.15) is 0 Å². The molecule has 0 unspecified atom stereocenters. The van der Waals surface area contributed by atoms with Gasteiger partial charge >= 0.3 is 6.18 Å². The molecule has 3 rings (SSSR count). The van der Waals surface area contributed by atoms with E-state index in [1.807, 2.05) is 0 Å². The topological polar surface area (TPSA) is 39.1 Å². The Bertz CT molecular complexity index is 993. The number of fused-ring (bicyclic) bond motifs is 1. The molecule has 0 aliphatic carbocycles. The van der Waals surface area contributed by atoms with E-state index in [2.05, 4.69) is 15.9 Å². The van der Waals surface area contributed by atoms with Crippen molar-refractivity contribution in [1.82, 2.24) is 3.97 Å². The lowest BCUT2D eigenvalue weighted by Crippen LogP contribution is -2.13. The third-order valence-corrected chi connectivity index (χ3v) is 5.65. The van der Waals surface area contributed by atoms with E-state index in [4.69, 9.17) is 0 Å². The summed E-state index contributed by atoms with van der Waals surface area (Å²) in [6.07, 6.45) is -3.27. The van der Waals surface area contributed by atoms with E-state index in [1.165, 1.54) is 6.20 Å². The SMILES string of the molecule is O=S(=O)(c1cccc(C(F)(F)F)c1)n1cc(Br)c2ccccc21. The summed E-state index contributed by atoms with van der Waals surface area (Å²) >= 11 is 3.26. The van der Waals surface area contributed by atoms with Crippen molar-refractivity contribution in [3.05, 3.63) is 64.8 Å². The first kappa shape index (κ1) is 16.1. The molecule has 1 aromatic heterocycles. The van der Waals surface area contributed by atoms with Crippen molar-refractivity contribution < 1.29 is 21.6 Å². The zero-order valence-electron chi connectivity index (χ0n) is 11.4. The van der Waals surface area contributed by atoms with Gasteiger partial charge in [-0.25, -0.2) is 12.4 Å². The molecule has 0 aliphatic heterocycles. The van der Waals surface area contributed by atoms with Crippen molar-refractivity contribution in [2.24, 2.45) is 0 Å². The summed E-state index contributed by atoms with van der Waals surface area (Å²) in [5, 5.41) is 0.656. The van der Waals surface area contributed by atoms with Crippen LogP contribution in [0.1, 0.15) is 5.56 Å². The molecule has 0 atom stereocenters. The van der Waals surface area contributed by atoms with Crippen molar-refractivity contribution in [3.8, 4) is 0 Å². The average molecular weight is 404 g/mol. The highest BCUT2D eigenvalue weighted by Gasteiger charge is 2.32. The Labute approximate surface area is 138 Å². The quantitative estimate of drug-likeness (QED) is 0.624. The molecule has 3 aromatic rings. The maximum atomic E-state index is 12.8. The van der Waals surface area contributed by atoms with Gasteiger partial charge in [0.2, 0.25) is 0 Å². The number of hydrogen-bond donors (Lipinski definition) is 0. The average Bonchev–Trinajstić information content (AvgIpc) is 2.85. The number of benzene rings is 2. The van der Waals surface area contributed by atoms with Gasteiger partial charge in [0.15, 0.2) is 0 Å². The predicted molar refractivity (Wildman–Crippen MR) is 83.7 cm³/mol. The highest BCUT2D eigenvalue weighted by atomic mass is 79.9. The zero-order chi connectivity index (χ0) is 16.8. The van der Waals surface area contributed by atoms with E-state index in [9.17, 15) is 21.6 Å². The van der Waals surface area contributed by atoms with E-state index in [0.717, 1.165) is 22.2 Å². The molecule has 120 valence electrons. The van der Waals surface area contributed by atoms with Crippen LogP contribution in [0.5, 0.6) is 0 Å². The highest BCUT2D eigenvalue weighted by molar-refractivity contribution is 9.10. The molecular formula is C15H9BrF3NO2S. The summed E-state index contributed by atoms with van der Waals surface area (Å²) in [6, 6.07) is 10.4. The molecule has 2 aromatic carbocycles. The third-order valence-electron chi connectivity index (χ3n) is 3.35.